The van der Waals surface area contributed by atoms with E-state index in [4.69, 9.17) is 4.74 Å². The summed E-state index contributed by atoms with van der Waals surface area (Å²) in [4.78, 5) is 17.5. The van der Waals surface area contributed by atoms with Crippen LogP contribution in [0.5, 0.6) is 5.88 Å². The van der Waals surface area contributed by atoms with Gasteiger partial charge in [0.15, 0.2) is 5.69 Å². The van der Waals surface area contributed by atoms with Crippen molar-refractivity contribution in [1.29, 1.82) is 0 Å². The van der Waals surface area contributed by atoms with Gasteiger partial charge in [-0.15, -0.1) is 0 Å². The van der Waals surface area contributed by atoms with Gasteiger partial charge in [-0.2, -0.15) is 5.10 Å². The van der Waals surface area contributed by atoms with Crippen molar-refractivity contribution in [2.75, 3.05) is 29.5 Å². The first kappa shape index (κ1) is 16.9. The van der Waals surface area contributed by atoms with E-state index in [1.54, 1.807) is 10.7 Å². The van der Waals surface area contributed by atoms with Crippen molar-refractivity contribution in [3.63, 3.8) is 0 Å². The number of nitrogens with zero attached hydrogens (tertiary/aromatic N) is 4. The highest BCUT2D eigenvalue weighted by Gasteiger charge is 2.28. The average Bonchev–Trinajstić information content (AvgIpc) is 3.28. The lowest BCUT2D eigenvalue weighted by Gasteiger charge is -2.26. The molecule has 2 aromatic carbocycles. The molecule has 0 bridgehead atoms. The maximum Gasteiger partial charge on any atom is 0.278 e. The Hall–Kier alpha value is -3.28. The lowest BCUT2D eigenvalue weighted by Crippen LogP contribution is -2.32. The van der Waals surface area contributed by atoms with Crippen LogP contribution in [-0.2, 0) is 13.1 Å². The van der Waals surface area contributed by atoms with Crippen LogP contribution >= 0.6 is 0 Å². The highest BCUT2D eigenvalue weighted by Crippen LogP contribution is 2.34. The molecule has 0 fully saturated rings. The summed E-state index contributed by atoms with van der Waals surface area (Å²) in [7, 11) is 0. The topological polar surface area (TPSA) is 50.6 Å². The third kappa shape index (κ3) is 3.01. The first-order valence-corrected chi connectivity index (χ1v) is 9.70. The van der Waals surface area contributed by atoms with E-state index in [1.165, 1.54) is 5.56 Å². The molecule has 5 rings (SSSR count). The molecule has 1 amide bonds. The van der Waals surface area contributed by atoms with E-state index in [9.17, 15) is 4.79 Å². The van der Waals surface area contributed by atoms with Gasteiger partial charge in [-0.05, 0) is 24.1 Å². The molecule has 0 saturated carbocycles. The summed E-state index contributed by atoms with van der Waals surface area (Å²) in [6.45, 7) is 3.72. The van der Waals surface area contributed by atoms with Crippen molar-refractivity contribution in [3.8, 4) is 5.88 Å². The van der Waals surface area contributed by atoms with Gasteiger partial charge in [0.2, 0.25) is 5.88 Å². The molecule has 1 aromatic heterocycles. The fourth-order valence-corrected chi connectivity index (χ4v) is 3.95. The van der Waals surface area contributed by atoms with Gasteiger partial charge in [0.05, 0.1) is 17.9 Å². The number of carbonyl (C=O) groups excluding carboxylic acids is 1. The Bertz CT molecular complexity index is 977. The van der Waals surface area contributed by atoms with E-state index in [1.807, 2.05) is 29.2 Å². The molecule has 28 heavy (non-hydrogen) atoms. The van der Waals surface area contributed by atoms with E-state index in [-0.39, 0.29) is 5.91 Å². The number of aromatic nitrogens is 2. The normalized spacial score (nSPS) is 15.6. The molecule has 0 unspecified atom stereocenters. The molecular weight excluding hydrogens is 352 g/mol. The predicted octanol–water partition coefficient (Wildman–Crippen LogP) is 3.33. The predicted molar refractivity (Wildman–Crippen MR) is 108 cm³/mol. The van der Waals surface area contributed by atoms with E-state index < -0.39 is 0 Å². The first-order valence-electron chi connectivity index (χ1n) is 9.70. The van der Waals surface area contributed by atoms with Gasteiger partial charge in [-0.25, -0.2) is 4.68 Å². The van der Waals surface area contributed by atoms with Gasteiger partial charge >= 0.3 is 0 Å². The number of amides is 1. The zero-order valence-corrected chi connectivity index (χ0v) is 15.6. The van der Waals surface area contributed by atoms with Crippen LogP contribution in [0.3, 0.4) is 0 Å². The van der Waals surface area contributed by atoms with Crippen LogP contribution in [0.25, 0.3) is 0 Å². The van der Waals surface area contributed by atoms with Gasteiger partial charge in [0.1, 0.15) is 6.61 Å². The Balaban J connectivity index is 1.47. The molecule has 0 saturated heterocycles. The highest BCUT2D eigenvalue weighted by molar-refractivity contribution is 6.07. The number of ether oxygens (including phenoxy) is 1. The monoisotopic (exact) mass is 374 g/mol. The van der Waals surface area contributed by atoms with Crippen molar-refractivity contribution >= 4 is 17.3 Å². The molecule has 0 N–H and O–H groups in total. The Labute approximate surface area is 163 Å². The summed E-state index contributed by atoms with van der Waals surface area (Å²) in [6, 6.07) is 20.3. The Morgan fingerprint density at radius 1 is 0.964 bits per heavy atom. The zero-order chi connectivity index (χ0) is 18.9. The minimum Gasteiger partial charge on any atom is -0.476 e. The molecule has 2 aliphatic heterocycles. The summed E-state index contributed by atoms with van der Waals surface area (Å²) < 4.78 is 7.28. The van der Waals surface area contributed by atoms with Crippen LogP contribution in [0.1, 0.15) is 22.5 Å². The molecule has 0 radical (unpaired) electrons. The third-order valence-electron chi connectivity index (χ3n) is 5.30. The number of carbonyl (C=O) groups is 1. The summed E-state index contributed by atoms with van der Waals surface area (Å²) in [5, 5.41) is 4.44. The second-order valence-corrected chi connectivity index (χ2v) is 7.15. The standard InChI is InChI=1S/C22H22N4O2/c27-22(18-15-21-26(23-18)13-14-28-21)25-12-6-11-24(16-17-7-2-1-3-8-17)19-9-4-5-10-20(19)25/h1-5,7-10,15H,6,11-14,16H2. The van der Waals surface area contributed by atoms with E-state index >= 15 is 0 Å². The van der Waals surface area contributed by atoms with Gasteiger partial charge in [-0.1, -0.05) is 42.5 Å². The molecule has 0 atom stereocenters. The second kappa shape index (κ2) is 7.03. The van der Waals surface area contributed by atoms with Gasteiger partial charge < -0.3 is 14.5 Å². The number of para-hydroxylation sites is 2. The number of hydrogen-bond donors (Lipinski definition) is 0. The van der Waals surface area contributed by atoms with Crippen LogP contribution in [0, 0.1) is 0 Å². The molecular formula is C22H22N4O2. The van der Waals surface area contributed by atoms with Crippen molar-refractivity contribution in [2.45, 2.75) is 19.5 Å². The molecule has 6 heteroatoms. The maximum absolute atomic E-state index is 13.3. The van der Waals surface area contributed by atoms with Crippen LogP contribution in [0.2, 0.25) is 0 Å². The Morgan fingerprint density at radius 3 is 2.57 bits per heavy atom. The van der Waals surface area contributed by atoms with Crippen molar-refractivity contribution in [2.24, 2.45) is 0 Å². The molecule has 142 valence electrons. The number of anilines is 2. The fourth-order valence-electron chi connectivity index (χ4n) is 3.95. The molecule has 3 heterocycles. The van der Waals surface area contributed by atoms with Crippen LogP contribution in [-0.4, -0.2) is 35.4 Å². The smallest absolute Gasteiger partial charge is 0.278 e. The average molecular weight is 374 g/mol. The van der Waals surface area contributed by atoms with E-state index in [0.717, 1.165) is 30.9 Å². The van der Waals surface area contributed by atoms with Gasteiger partial charge in [0.25, 0.3) is 5.91 Å². The molecule has 6 nitrogen and oxygen atoms in total. The second-order valence-electron chi connectivity index (χ2n) is 7.15. The summed E-state index contributed by atoms with van der Waals surface area (Å²) >= 11 is 0. The lowest BCUT2D eigenvalue weighted by molar-refractivity contribution is 0.0981. The number of hydrogen-bond acceptors (Lipinski definition) is 4. The third-order valence-corrected chi connectivity index (χ3v) is 5.30. The zero-order valence-electron chi connectivity index (χ0n) is 15.6. The summed E-state index contributed by atoms with van der Waals surface area (Å²) in [5.74, 6) is 0.608. The van der Waals surface area contributed by atoms with Crippen molar-refractivity contribution in [1.82, 2.24) is 9.78 Å². The molecule has 0 aliphatic carbocycles. The molecule has 3 aromatic rings. The van der Waals surface area contributed by atoms with Gasteiger partial charge in [0, 0.05) is 25.7 Å². The van der Waals surface area contributed by atoms with Gasteiger partial charge in [-0.3, -0.25) is 4.79 Å². The van der Waals surface area contributed by atoms with Crippen LogP contribution < -0.4 is 14.5 Å². The largest absolute Gasteiger partial charge is 0.476 e. The summed E-state index contributed by atoms with van der Waals surface area (Å²) in [5.41, 5.74) is 3.73. The fraction of sp³-hybridized carbons (Fsp3) is 0.273. The van der Waals surface area contributed by atoms with E-state index in [0.29, 0.717) is 31.3 Å². The molecule has 2 aliphatic rings. The first-order chi connectivity index (χ1) is 13.8. The quantitative estimate of drug-likeness (QED) is 0.706. The number of rotatable bonds is 3. The minimum atomic E-state index is -0.0699. The number of fused-ring (bicyclic) bond motifs is 2. The lowest BCUT2D eigenvalue weighted by atomic mass is 10.1. The Kier molecular flexibility index (Phi) is 4.24. The number of benzene rings is 2. The maximum atomic E-state index is 13.3. The molecule has 0 spiro atoms. The highest BCUT2D eigenvalue weighted by atomic mass is 16.5. The van der Waals surface area contributed by atoms with Crippen molar-refractivity contribution in [3.05, 3.63) is 71.9 Å². The van der Waals surface area contributed by atoms with E-state index in [2.05, 4.69) is 40.3 Å². The Morgan fingerprint density at radius 2 is 1.75 bits per heavy atom. The SMILES string of the molecule is O=C(c1cc2n(n1)CCO2)N1CCCN(Cc2ccccc2)c2ccccc21. The van der Waals surface area contributed by atoms with Crippen LogP contribution in [0.4, 0.5) is 11.4 Å². The summed E-state index contributed by atoms with van der Waals surface area (Å²) in [6.07, 6.45) is 0.900. The van der Waals surface area contributed by atoms with Crippen molar-refractivity contribution < 1.29 is 9.53 Å². The van der Waals surface area contributed by atoms with Crippen LogP contribution in [0.15, 0.2) is 60.7 Å². The minimum absolute atomic E-state index is 0.0699.